The highest BCUT2D eigenvalue weighted by atomic mass is 15.2. The van der Waals surface area contributed by atoms with Gasteiger partial charge in [0.25, 0.3) is 0 Å². The van der Waals surface area contributed by atoms with E-state index in [-0.39, 0.29) is 0 Å². The molecule has 0 saturated heterocycles. The first kappa shape index (κ1) is 13.0. The molecule has 2 heteroatoms. The Hall–Kier alpha value is -0.0800. The van der Waals surface area contributed by atoms with E-state index in [2.05, 4.69) is 45.1 Å². The van der Waals surface area contributed by atoms with Gasteiger partial charge >= 0.3 is 0 Å². The van der Waals surface area contributed by atoms with Crippen molar-refractivity contribution in [3.05, 3.63) is 0 Å². The summed E-state index contributed by atoms with van der Waals surface area (Å²) in [5.41, 5.74) is 0.391. The number of hydrogen-bond acceptors (Lipinski definition) is 2. The molecule has 0 amide bonds. The maximum Gasteiger partial charge on any atom is 0.0353 e. The van der Waals surface area contributed by atoms with Crippen molar-refractivity contribution in [3.8, 4) is 0 Å². The van der Waals surface area contributed by atoms with Crippen molar-refractivity contribution in [2.45, 2.75) is 58.0 Å². The maximum atomic E-state index is 3.61. The molecular weight excluding hydrogens is 184 g/mol. The van der Waals surface area contributed by atoms with Crippen LogP contribution in [0.25, 0.3) is 0 Å². The predicted octanol–water partition coefficient (Wildman–Crippen LogP) is 2.49. The Bertz CT molecular complexity index is 181. The number of likely N-dealkylation sites (N-methyl/N-ethyl adjacent to an activating group) is 2. The Labute approximate surface area is 95.4 Å². The summed E-state index contributed by atoms with van der Waals surface area (Å²) in [6.45, 7) is 8.01. The van der Waals surface area contributed by atoms with E-state index in [0.29, 0.717) is 11.6 Å². The van der Waals surface area contributed by atoms with Crippen LogP contribution in [0.3, 0.4) is 0 Å². The van der Waals surface area contributed by atoms with Crippen LogP contribution in [-0.4, -0.2) is 37.1 Å². The highest BCUT2D eigenvalue weighted by Crippen LogP contribution is 2.37. The van der Waals surface area contributed by atoms with Crippen molar-refractivity contribution in [1.82, 2.24) is 10.2 Å². The molecule has 2 nitrogen and oxygen atoms in total. The number of nitrogens with one attached hydrogen (secondary N) is 1. The maximum absolute atomic E-state index is 3.61. The first-order chi connectivity index (χ1) is 7.03. The van der Waals surface area contributed by atoms with Gasteiger partial charge in [0.15, 0.2) is 0 Å². The molecule has 1 fully saturated rings. The molecule has 0 aliphatic heterocycles. The zero-order chi connectivity index (χ0) is 11.5. The van der Waals surface area contributed by atoms with Crippen molar-refractivity contribution >= 4 is 0 Å². The zero-order valence-electron chi connectivity index (χ0n) is 11.1. The van der Waals surface area contributed by atoms with Gasteiger partial charge in [0.1, 0.15) is 0 Å². The van der Waals surface area contributed by atoms with Gasteiger partial charge in [-0.3, -0.25) is 0 Å². The molecule has 0 aromatic heterocycles. The fourth-order valence-electron chi connectivity index (χ4n) is 3.03. The Morgan fingerprint density at radius 1 is 1.33 bits per heavy atom. The van der Waals surface area contributed by atoms with Gasteiger partial charge in [-0.25, -0.2) is 0 Å². The summed E-state index contributed by atoms with van der Waals surface area (Å²) in [4.78, 5) is 2.45. The second kappa shape index (κ2) is 5.31. The summed E-state index contributed by atoms with van der Waals surface area (Å²) in [7, 11) is 4.48. The van der Waals surface area contributed by atoms with Crippen LogP contribution in [0.4, 0.5) is 0 Å². The van der Waals surface area contributed by atoms with E-state index in [1.807, 2.05) is 0 Å². The highest BCUT2D eigenvalue weighted by molar-refractivity contribution is 4.99. The van der Waals surface area contributed by atoms with Crippen LogP contribution in [0.15, 0.2) is 0 Å². The molecule has 0 bridgehead atoms. The second-order valence-electron chi connectivity index (χ2n) is 5.46. The van der Waals surface area contributed by atoms with E-state index in [1.54, 1.807) is 0 Å². The van der Waals surface area contributed by atoms with Crippen molar-refractivity contribution in [2.75, 3.05) is 20.6 Å². The van der Waals surface area contributed by atoms with Gasteiger partial charge in [-0.05, 0) is 59.2 Å². The van der Waals surface area contributed by atoms with E-state index in [9.17, 15) is 0 Å². The van der Waals surface area contributed by atoms with Gasteiger partial charge in [-0.2, -0.15) is 0 Å². The standard InChI is InChI=1S/C13H28N2/c1-6-14-12(3)13(15(4)5)9-7-11(2)8-10-13/h11-12,14H,6-10H2,1-5H3. The van der Waals surface area contributed by atoms with Gasteiger partial charge in [-0.15, -0.1) is 0 Å². The van der Waals surface area contributed by atoms with Crippen LogP contribution >= 0.6 is 0 Å². The lowest BCUT2D eigenvalue weighted by Crippen LogP contribution is -2.59. The van der Waals surface area contributed by atoms with Crippen LogP contribution in [0.5, 0.6) is 0 Å². The van der Waals surface area contributed by atoms with Gasteiger partial charge in [0.2, 0.25) is 0 Å². The first-order valence-electron chi connectivity index (χ1n) is 6.43. The lowest BCUT2D eigenvalue weighted by atomic mass is 9.72. The Morgan fingerprint density at radius 2 is 1.87 bits per heavy atom. The predicted molar refractivity (Wildman–Crippen MR) is 67.2 cm³/mol. The van der Waals surface area contributed by atoms with Crippen LogP contribution in [0.1, 0.15) is 46.5 Å². The minimum atomic E-state index is 0.391. The third kappa shape index (κ3) is 2.73. The van der Waals surface area contributed by atoms with E-state index < -0.39 is 0 Å². The third-order valence-electron chi connectivity index (χ3n) is 4.35. The topological polar surface area (TPSA) is 15.3 Å². The monoisotopic (exact) mass is 212 g/mol. The van der Waals surface area contributed by atoms with Gasteiger partial charge in [0.05, 0.1) is 0 Å². The average molecular weight is 212 g/mol. The van der Waals surface area contributed by atoms with Crippen molar-refractivity contribution in [1.29, 1.82) is 0 Å². The zero-order valence-corrected chi connectivity index (χ0v) is 11.1. The van der Waals surface area contributed by atoms with Crippen LogP contribution in [-0.2, 0) is 0 Å². The van der Waals surface area contributed by atoms with E-state index in [4.69, 9.17) is 0 Å². The van der Waals surface area contributed by atoms with E-state index in [0.717, 1.165) is 12.5 Å². The fraction of sp³-hybridized carbons (Fsp3) is 1.00. The Kier molecular flexibility index (Phi) is 4.60. The van der Waals surface area contributed by atoms with Crippen LogP contribution < -0.4 is 5.32 Å². The van der Waals surface area contributed by atoms with Crippen LogP contribution in [0.2, 0.25) is 0 Å². The molecule has 0 spiro atoms. The molecule has 1 saturated carbocycles. The minimum Gasteiger partial charge on any atom is -0.313 e. The summed E-state index contributed by atoms with van der Waals surface area (Å²) in [6.07, 6.45) is 5.45. The smallest absolute Gasteiger partial charge is 0.0353 e. The molecule has 1 aliphatic rings. The Morgan fingerprint density at radius 3 is 2.27 bits per heavy atom. The fourth-order valence-corrected chi connectivity index (χ4v) is 3.03. The largest absolute Gasteiger partial charge is 0.313 e. The molecule has 15 heavy (non-hydrogen) atoms. The van der Waals surface area contributed by atoms with Gasteiger partial charge in [-0.1, -0.05) is 13.8 Å². The van der Waals surface area contributed by atoms with Gasteiger partial charge in [0, 0.05) is 11.6 Å². The molecule has 1 atom stereocenters. The molecule has 1 N–H and O–H groups in total. The quantitative estimate of drug-likeness (QED) is 0.770. The summed E-state index contributed by atoms with van der Waals surface area (Å²) in [6, 6.07) is 0.602. The second-order valence-corrected chi connectivity index (χ2v) is 5.46. The minimum absolute atomic E-state index is 0.391. The van der Waals surface area contributed by atoms with E-state index >= 15 is 0 Å². The normalized spacial score (nSPS) is 34.4. The number of rotatable bonds is 4. The molecule has 0 heterocycles. The average Bonchev–Trinajstić information content (AvgIpc) is 2.19. The SMILES string of the molecule is CCNC(C)C1(N(C)C)CCC(C)CC1. The van der Waals surface area contributed by atoms with Gasteiger partial charge < -0.3 is 10.2 Å². The lowest BCUT2D eigenvalue weighted by Gasteiger charge is -2.49. The van der Waals surface area contributed by atoms with Crippen LogP contribution in [0, 0.1) is 5.92 Å². The van der Waals surface area contributed by atoms with Crippen molar-refractivity contribution < 1.29 is 0 Å². The number of hydrogen-bond donors (Lipinski definition) is 1. The summed E-state index contributed by atoms with van der Waals surface area (Å²) >= 11 is 0. The molecule has 1 unspecified atom stereocenters. The molecule has 0 aromatic rings. The lowest BCUT2D eigenvalue weighted by molar-refractivity contribution is 0.0503. The van der Waals surface area contributed by atoms with Crippen molar-refractivity contribution in [3.63, 3.8) is 0 Å². The molecule has 90 valence electrons. The summed E-state index contributed by atoms with van der Waals surface area (Å²) < 4.78 is 0. The molecule has 0 aromatic carbocycles. The Balaban J connectivity index is 2.70. The van der Waals surface area contributed by atoms with Crippen molar-refractivity contribution in [2.24, 2.45) is 5.92 Å². The third-order valence-corrected chi connectivity index (χ3v) is 4.35. The highest BCUT2D eigenvalue weighted by Gasteiger charge is 2.40. The first-order valence-corrected chi connectivity index (χ1v) is 6.43. The molecular formula is C13H28N2. The summed E-state index contributed by atoms with van der Waals surface area (Å²) in [5, 5.41) is 3.61. The molecule has 1 aliphatic carbocycles. The molecule has 1 rings (SSSR count). The van der Waals surface area contributed by atoms with E-state index in [1.165, 1.54) is 25.7 Å². The summed E-state index contributed by atoms with van der Waals surface area (Å²) in [5.74, 6) is 0.923. The number of nitrogens with zero attached hydrogens (tertiary/aromatic N) is 1. The molecule has 0 radical (unpaired) electrons.